The maximum absolute atomic E-state index is 11.1. The van der Waals surface area contributed by atoms with Gasteiger partial charge in [0.05, 0.1) is 11.8 Å². The molecule has 1 fully saturated rings. The topological polar surface area (TPSA) is 54.5 Å². The zero-order valence-corrected chi connectivity index (χ0v) is 14.8. The fourth-order valence-corrected chi connectivity index (χ4v) is 4.19. The Labute approximate surface area is 144 Å². The first kappa shape index (κ1) is 16.6. The van der Waals surface area contributed by atoms with Crippen molar-refractivity contribution in [1.82, 2.24) is 9.88 Å². The van der Waals surface area contributed by atoms with Crippen LogP contribution in [0, 0.1) is 0 Å². The summed E-state index contributed by atoms with van der Waals surface area (Å²) in [5.74, 6) is -0.0827. The smallest absolute Gasteiger partial charge is 0.223 e. The van der Waals surface area contributed by atoms with Crippen LogP contribution in [-0.4, -0.2) is 35.0 Å². The molecule has 7 heteroatoms. The normalized spacial score (nSPS) is 17.7. The summed E-state index contributed by atoms with van der Waals surface area (Å²) >= 11 is 3.25. The maximum Gasteiger partial charge on any atom is 0.223 e. The monoisotopic (exact) mass is 351 g/mol. The second-order valence-corrected chi connectivity index (χ2v) is 7.60. The van der Waals surface area contributed by atoms with Crippen molar-refractivity contribution >= 4 is 33.7 Å². The van der Waals surface area contributed by atoms with Crippen LogP contribution in [0.15, 0.2) is 22.9 Å². The number of nitrogens with zero attached hydrogens (tertiary/aromatic N) is 2. The second kappa shape index (κ2) is 8.01. The summed E-state index contributed by atoms with van der Waals surface area (Å²) in [6, 6.07) is 4.25. The van der Waals surface area contributed by atoms with E-state index >= 15 is 0 Å². The average molecular weight is 351 g/mol. The quantitative estimate of drug-likeness (QED) is 0.831. The minimum Gasteiger partial charge on any atom is -0.377 e. The van der Waals surface area contributed by atoms with Gasteiger partial charge in [0, 0.05) is 43.4 Å². The van der Waals surface area contributed by atoms with E-state index in [1.807, 2.05) is 5.38 Å². The summed E-state index contributed by atoms with van der Waals surface area (Å²) in [5, 5.41) is 7.54. The van der Waals surface area contributed by atoms with Gasteiger partial charge in [-0.15, -0.1) is 22.7 Å². The number of carbonyl (C=O) groups excluding carboxylic acids is 1. The molecule has 1 aliphatic heterocycles. The van der Waals surface area contributed by atoms with Crippen LogP contribution in [0.5, 0.6) is 0 Å². The molecule has 1 aliphatic rings. The Bertz CT molecular complexity index is 621. The number of thiazole rings is 1. The molecule has 2 aromatic rings. The number of amides is 1. The van der Waals surface area contributed by atoms with Crippen LogP contribution >= 0.6 is 22.7 Å². The number of ether oxygens (including phenoxy) is 1. The number of thiophene rings is 1. The lowest BCUT2D eigenvalue weighted by molar-refractivity contribution is -0.114. The third-order valence-corrected chi connectivity index (χ3v) is 5.33. The van der Waals surface area contributed by atoms with Gasteiger partial charge in [-0.25, -0.2) is 4.98 Å². The van der Waals surface area contributed by atoms with Gasteiger partial charge in [0.1, 0.15) is 0 Å². The molecule has 1 amide bonds. The number of anilines is 1. The molecule has 3 rings (SSSR count). The highest BCUT2D eigenvalue weighted by Gasteiger charge is 2.20. The number of hydrogen-bond donors (Lipinski definition) is 1. The minimum absolute atomic E-state index is 0.0827. The van der Waals surface area contributed by atoms with Gasteiger partial charge < -0.3 is 10.1 Å². The molecule has 0 bridgehead atoms. The van der Waals surface area contributed by atoms with Crippen LogP contribution in [0.2, 0.25) is 0 Å². The first-order chi connectivity index (χ1) is 11.2. The summed E-state index contributed by atoms with van der Waals surface area (Å²) in [5.41, 5.74) is 0.994. The lowest BCUT2D eigenvalue weighted by Gasteiger charge is -2.23. The van der Waals surface area contributed by atoms with Gasteiger partial charge in [-0.05, 0) is 24.3 Å². The molecular formula is C16H21N3O2S2. The van der Waals surface area contributed by atoms with Crippen LogP contribution < -0.4 is 5.32 Å². The second-order valence-electron chi connectivity index (χ2n) is 5.71. The molecule has 3 heterocycles. The number of nitrogens with one attached hydrogen (secondary N) is 1. The summed E-state index contributed by atoms with van der Waals surface area (Å²) in [7, 11) is 0. The lowest BCUT2D eigenvalue weighted by atomic mass is 10.2. The molecule has 1 saturated heterocycles. The van der Waals surface area contributed by atoms with E-state index in [4.69, 9.17) is 4.74 Å². The van der Waals surface area contributed by atoms with Crippen LogP contribution in [0.4, 0.5) is 5.13 Å². The fourth-order valence-electron chi connectivity index (χ4n) is 2.70. The van der Waals surface area contributed by atoms with Crippen LogP contribution in [0.3, 0.4) is 0 Å². The molecule has 124 valence electrons. The molecule has 0 aromatic carbocycles. The van der Waals surface area contributed by atoms with Crippen molar-refractivity contribution in [3.05, 3.63) is 33.5 Å². The van der Waals surface area contributed by atoms with E-state index in [-0.39, 0.29) is 5.91 Å². The van der Waals surface area contributed by atoms with Crippen molar-refractivity contribution in [2.45, 2.75) is 39.0 Å². The third kappa shape index (κ3) is 5.10. The van der Waals surface area contributed by atoms with E-state index in [9.17, 15) is 4.79 Å². The summed E-state index contributed by atoms with van der Waals surface area (Å²) in [4.78, 5) is 19.3. The number of aromatic nitrogens is 1. The number of carbonyl (C=O) groups is 1. The molecule has 2 aromatic heterocycles. The Kier molecular flexibility index (Phi) is 5.77. The standard InChI is InChI=1S/C16H21N3O2S2/c1-12(20)17-16-18-13(11-23-16)8-19(9-14-4-2-6-21-14)10-15-5-3-7-22-15/h3,5,7,11,14H,2,4,6,8-10H2,1H3,(H,17,18,20). The summed E-state index contributed by atoms with van der Waals surface area (Å²) in [6.45, 7) is 4.98. The van der Waals surface area contributed by atoms with Crippen LogP contribution in [-0.2, 0) is 22.6 Å². The van der Waals surface area contributed by atoms with Crippen molar-refractivity contribution in [3.63, 3.8) is 0 Å². The third-order valence-electron chi connectivity index (χ3n) is 3.67. The van der Waals surface area contributed by atoms with Gasteiger partial charge in [0.25, 0.3) is 0 Å². The van der Waals surface area contributed by atoms with Crippen molar-refractivity contribution in [1.29, 1.82) is 0 Å². The predicted octanol–water partition coefficient (Wildman–Crippen LogP) is 3.34. The average Bonchev–Trinajstić information content (AvgIpc) is 3.22. The van der Waals surface area contributed by atoms with Crippen LogP contribution in [0.1, 0.15) is 30.3 Å². The van der Waals surface area contributed by atoms with Gasteiger partial charge in [0.15, 0.2) is 5.13 Å². The van der Waals surface area contributed by atoms with E-state index in [1.165, 1.54) is 23.1 Å². The first-order valence-corrected chi connectivity index (χ1v) is 9.53. The van der Waals surface area contributed by atoms with Crippen molar-refractivity contribution in [2.24, 2.45) is 0 Å². The van der Waals surface area contributed by atoms with E-state index in [0.29, 0.717) is 11.2 Å². The lowest BCUT2D eigenvalue weighted by Crippen LogP contribution is -2.31. The Morgan fingerprint density at radius 2 is 2.39 bits per heavy atom. The highest BCUT2D eigenvalue weighted by atomic mass is 32.1. The first-order valence-electron chi connectivity index (χ1n) is 7.77. The summed E-state index contributed by atoms with van der Waals surface area (Å²) < 4.78 is 5.79. The molecule has 1 atom stereocenters. The van der Waals surface area contributed by atoms with E-state index in [1.54, 1.807) is 11.3 Å². The zero-order chi connectivity index (χ0) is 16.1. The Hall–Kier alpha value is -1.28. The van der Waals surface area contributed by atoms with Gasteiger partial charge in [-0.1, -0.05) is 6.07 Å². The van der Waals surface area contributed by atoms with Gasteiger partial charge in [-0.2, -0.15) is 0 Å². The van der Waals surface area contributed by atoms with Gasteiger partial charge in [0.2, 0.25) is 5.91 Å². The molecule has 1 N–H and O–H groups in total. The molecule has 23 heavy (non-hydrogen) atoms. The summed E-state index contributed by atoms with van der Waals surface area (Å²) in [6.07, 6.45) is 2.61. The number of rotatable bonds is 7. The van der Waals surface area contributed by atoms with Crippen molar-refractivity contribution in [3.8, 4) is 0 Å². The molecule has 0 spiro atoms. The fraction of sp³-hybridized carbons (Fsp3) is 0.500. The predicted molar refractivity (Wildman–Crippen MR) is 93.8 cm³/mol. The molecule has 0 aliphatic carbocycles. The van der Waals surface area contributed by atoms with E-state index in [0.717, 1.165) is 44.8 Å². The molecule has 1 unspecified atom stereocenters. The number of hydrogen-bond acceptors (Lipinski definition) is 6. The zero-order valence-electron chi connectivity index (χ0n) is 13.2. The molecular weight excluding hydrogens is 330 g/mol. The molecule has 0 radical (unpaired) electrons. The van der Waals surface area contributed by atoms with Crippen molar-refractivity contribution < 1.29 is 9.53 Å². The maximum atomic E-state index is 11.1. The van der Waals surface area contributed by atoms with Gasteiger partial charge in [-0.3, -0.25) is 9.69 Å². The Morgan fingerprint density at radius 1 is 1.48 bits per heavy atom. The molecule has 5 nitrogen and oxygen atoms in total. The van der Waals surface area contributed by atoms with Gasteiger partial charge >= 0.3 is 0 Å². The Morgan fingerprint density at radius 3 is 3.09 bits per heavy atom. The highest BCUT2D eigenvalue weighted by Crippen LogP contribution is 2.21. The van der Waals surface area contributed by atoms with Crippen molar-refractivity contribution in [2.75, 3.05) is 18.5 Å². The minimum atomic E-state index is -0.0827. The SMILES string of the molecule is CC(=O)Nc1nc(CN(Cc2cccs2)CC2CCCO2)cs1. The Balaban J connectivity index is 1.64. The van der Waals surface area contributed by atoms with E-state index in [2.05, 4.69) is 32.7 Å². The van der Waals surface area contributed by atoms with Crippen LogP contribution in [0.25, 0.3) is 0 Å². The largest absolute Gasteiger partial charge is 0.377 e. The highest BCUT2D eigenvalue weighted by molar-refractivity contribution is 7.13. The van der Waals surface area contributed by atoms with E-state index < -0.39 is 0 Å². The molecule has 0 saturated carbocycles.